The molecular weight excluding hydrogens is 350 g/mol. The van der Waals surface area contributed by atoms with Gasteiger partial charge in [0.1, 0.15) is 16.9 Å². The number of para-hydroxylation sites is 2. The molecule has 0 aliphatic rings. The number of fused-ring (bicyclic) bond motifs is 1. The van der Waals surface area contributed by atoms with E-state index in [1.165, 1.54) is 13.3 Å². The van der Waals surface area contributed by atoms with E-state index in [4.69, 9.17) is 9.15 Å². The van der Waals surface area contributed by atoms with Crippen LogP contribution in [0.3, 0.4) is 0 Å². The van der Waals surface area contributed by atoms with Crippen molar-refractivity contribution in [2.75, 3.05) is 12.4 Å². The van der Waals surface area contributed by atoms with Crippen LogP contribution in [-0.2, 0) is 6.54 Å². The molecule has 0 saturated carbocycles. The number of hydrogen-bond acceptors (Lipinski definition) is 7. The van der Waals surface area contributed by atoms with Gasteiger partial charge in [0.2, 0.25) is 5.95 Å². The zero-order valence-corrected chi connectivity index (χ0v) is 14.3. The summed E-state index contributed by atoms with van der Waals surface area (Å²) < 4.78 is 11.5. The number of ether oxygens (including phenoxy) is 1. The molecule has 0 spiro atoms. The third kappa shape index (κ3) is 3.06. The fourth-order valence-corrected chi connectivity index (χ4v) is 2.70. The van der Waals surface area contributed by atoms with Crippen LogP contribution in [0.4, 0.5) is 5.95 Å². The number of methoxy groups -OCH3 is 1. The summed E-state index contributed by atoms with van der Waals surface area (Å²) in [5.74, 6) is 1.38. The van der Waals surface area contributed by atoms with Crippen molar-refractivity contribution < 1.29 is 9.15 Å². The van der Waals surface area contributed by atoms with Crippen molar-refractivity contribution in [1.82, 2.24) is 19.5 Å². The van der Waals surface area contributed by atoms with Crippen LogP contribution < -0.4 is 21.3 Å². The van der Waals surface area contributed by atoms with E-state index >= 15 is 0 Å². The van der Waals surface area contributed by atoms with E-state index in [1.807, 2.05) is 6.07 Å². The minimum absolute atomic E-state index is 0.146. The van der Waals surface area contributed by atoms with Crippen molar-refractivity contribution in [2.45, 2.75) is 6.54 Å². The highest BCUT2D eigenvalue weighted by Gasteiger charge is 2.14. The number of benzene rings is 1. The molecule has 1 aromatic carbocycles. The van der Waals surface area contributed by atoms with Crippen molar-refractivity contribution in [3.8, 4) is 11.4 Å². The molecule has 0 bridgehead atoms. The third-order valence-corrected chi connectivity index (χ3v) is 3.98. The maximum absolute atomic E-state index is 12.8. The molecule has 0 amide bonds. The predicted octanol–water partition coefficient (Wildman–Crippen LogP) is 1.68. The van der Waals surface area contributed by atoms with E-state index in [0.29, 0.717) is 23.7 Å². The first-order valence-corrected chi connectivity index (χ1v) is 8.09. The van der Waals surface area contributed by atoms with Crippen molar-refractivity contribution >= 4 is 17.0 Å². The summed E-state index contributed by atoms with van der Waals surface area (Å²) in [6.45, 7) is 0.376. The molecule has 0 fully saturated rings. The zero-order valence-electron chi connectivity index (χ0n) is 14.3. The van der Waals surface area contributed by atoms with Crippen LogP contribution in [0.15, 0.2) is 62.9 Å². The molecule has 136 valence electrons. The highest BCUT2D eigenvalue weighted by molar-refractivity contribution is 5.73. The van der Waals surface area contributed by atoms with Crippen LogP contribution in [0.5, 0.6) is 5.75 Å². The molecular formula is C18H15N5O4. The van der Waals surface area contributed by atoms with Crippen LogP contribution in [0.25, 0.3) is 16.7 Å². The number of hydrogen-bond donors (Lipinski definition) is 2. The highest BCUT2D eigenvalue weighted by atomic mass is 16.5. The fraction of sp³-hybridized carbons (Fsp3) is 0.111. The Hall–Kier alpha value is -3.88. The lowest BCUT2D eigenvalue weighted by Gasteiger charge is -2.10. The van der Waals surface area contributed by atoms with Gasteiger partial charge in [0.15, 0.2) is 5.65 Å². The summed E-state index contributed by atoms with van der Waals surface area (Å²) in [4.78, 5) is 36.4. The summed E-state index contributed by atoms with van der Waals surface area (Å²) in [5, 5.41) is 3.16. The predicted molar refractivity (Wildman–Crippen MR) is 98.3 cm³/mol. The van der Waals surface area contributed by atoms with Gasteiger partial charge in [-0.2, -0.15) is 4.98 Å². The van der Waals surface area contributed by atoms with E-state index in [-0.39, 0.29) is 17.0 Å². The van der Waals surface area contributed by atoms with E-state index < -0.39 is 11.2 Å². The van der Waals surface area contributed by atoms with Crippen molar-refractivity contribution in [1.29, 1.82) is 0 Å². The SMILES string of the molecule is COc1ccccc1-n1c(=O)[nH]c2nc(NCc3ccco3)ncc2c1=O. The first kappa shape index (κ1) is 16.6. The standard InChI is InChI=1S/C18H15N5O4/c1-26-14-7-3-2-6-13(14)23-16(24)12-10-20-17(21-15(12)22-18(23)25)19-9-11-5-4-8-27-11/h2-8,10H,9H2,1H3,(H2,19,20,21,22,25). The number of H-pyrrole nitrogens is 1. The van der Waals surface area contributed by atoms with E-state index in [1.54, 1.807) is 36.6 Å². The summed E-state index contributed by atoms with van der Waals surface area (Å²) in [5.41, 5.74) is -0.662. The zero-order chi connectivity index (χ0) is 18.8. The number of anilines is 1. The van der Waals surface area contributed by atoms with Gasteiger partial charge in [-0.3, -0.25) is 9.78 Å². The lowest BCUT2D eigenvalue weighted by molar-refractivity contribution is 0.412. The Balaban J connectivity index is 1.77. The summed E-state index contributed by atoms with van der Waals surface area (Å²) in [7, 11) is 1.47. The normalized spacial score (nSPS) is 10.9. The van der Waals surface area contributed by atoms with E-state index in [0.717, 1.165) is 4.57 Å². The Kier molecular flexibility index (Phi) is 4.17. The average molecular weight is 365 g/mol. The first-order chi connectivity index (χ1) is 13.2. The quantitative estimate of drug-likeness (QED) is 0.553. The topological polar surface area (TPSA) is 115 Å². The maximum Gasteiger partial charge on any atom is 0.334 e. The number of nitrogens with zero attached hydrogens (tertiary/aromatic N) is 3. The van der Waals surface area contributed by atoms with Crippen LogP contribution >= 0.6 is 0 Å². The van der Waals surface area contributed by atoms with Gasteiger partial charge in [0.25, 0.3) is 5.56 Å². The molecule has 0 unspecified atom stereocenters. The number of aromatic nitrogens is 4. The summed E-state index contributed by atoms with van der Waals surface area (Å²) >= 11 is 0. The number of furan rings is 1. The molecule has 9 nitrogen and oxygen atoms in total. The van der Waals surface area contributed by atoms with Gasteiger partial charge in [-0.1, -0.05) is 12.1 Å². The second-order valence-corrected chi connectivity index (χ2v) is 5.63. The molecule has 4 rings (SSSR count). The van der Waals surface area contributed by atoms with Crippen LogP contribution in [0.2, 0.25) is 0 Å². The summed E-state index contributed by atoms with van der Waals surface area (Å²) in [6, 6.07) is 10.3. The molecule has 0 saturated heterocycles. The van der Waals surface area contributed by atoms with E-state index in [9.17, 15) is 9.59 Å². The monoisotopic (exact) mass is 365 g/mol. The number of aromatic amines is 1. The number of rotatable bonds is 5. The molecule has 2 N–H and O–H groups in total. The van der Waals surface area contributed by atoms with Gasteiger partial charge >= 0.3 is 5.69 Å². The molecule has 0 atom stereocenters. The van der Waals surface area contributed by atoms with Crippen molar-refractivity contribution in [3.05, 3.63) is 75.5 Å². The second kappa shape index (κ2) is 6.79. The van der Waals surface area contributed by atoms with Crippen molar-refractivity contribution in [2.24, 2.45) is 0 Å². The van der Waals surface area contributed by atoms with Crippen LogP contribution in [0, 0.1) is 0 Å². The van der Waals surface area contributed by atoms with Gasteiger partial charge in [0.05, 0.1) is 25.6 Å². The molecule has 3 heterocycles. The van der Waals surface area contributed by atoms with Gasteiger partial charge in [-0.15, -0.1) is 0 Å². The lowest BCUT2D eigenvalue weighted by Crippen LogP contribution is -2.34. The van der Waals surface area contributed by atoms with Gasteiger partial charge in [0, 0.05) is 6.20 Å². The average Bonchev–Trinajstić information content (AvgIpc) is 3.20. The Labute approximate surface area is 152 Å². The Morgan fingerprint density at radius 1 is 1.22 bits per heavy atom. The molecule has 9 heteroatoms. The van der Waals surface area contributed by atoms with Crippen molar-refractivity contribution in [3.63, 3.8) is 0 Å². The van der Waals surface area contributed by atoms with Gasteiger partial charge < -0.3 is 14.5 Å². The molecule has 3 aromatic heterocycles. The van der Waals surface area contributed by atoms with Gasteiger partial charge in [-0.25, -0.2) is 14.3 Å². The third-order valence-electron chi connectivity index (χ3n) is 3.98. The maximum atomic E-state index is 12.8. The van der Waals surface area contributed by atoms with Crippen LogP contribution in [0.1, 0.15) is 5.76 Å². The number of nitrogens with one attached hydrogen (secondary N) is 2. The molecule has 27 heavy (non-hydrogen) atoms. The minimum atomic E-state index is -0.618. The minimum Gasteiger partial charge on any atom is -0.495 e. The molecule has 0 aliphatic heterocycles. The lowest BCUT2D eigenvalue weighted by atomic mass is 10.3. The smallest absolute Gasteiger partial charge is 0.334 e. The Morgan fingerprint density at radius 2 is 2.07 bits per heavy atom. The first-order valence-electron chi connectivity index (χ1n) is 8.09. The Morgan fingerprint density at radius 3 is 2.85 bits per heavy atom. The Bertz CT molecular complexity index is 1210. The van der Waals surface area contributed by atoms with E-state index in [2.05, 4.69) is 20.3 Å². The highest BCUT2D eigenvalue weighted by Crippen LogP contribution is 2.19. The fourth-order valence-electron chi connectivity index (χ4n) is 2.70. The largest absolute Gasteiger partial charge is 0.495 e. The molecule has 0 aliphatic carbocycles. The molecule has 4 aromatic rings. The second-order valence-electron chi connectivity index (χ2n) is 5.63. The summed E-state index contributed by atoms with van der Waals surface area (Å²) in [6.07, 6.45) is 2.94. The molecule has 0 radical (unpaired) electrons. The van der Waals surface area contributed by atoms with Crippen LogP contribution in [-0.4, -0.2) is 26.6 Å². The van der Waals surface area contributed by atoms with Gasteiger partial charge in [-0.05, 0) is 24.3 Å².